The van der Waals surface area contributed by atoms with E-state index in [2.05, 4.69) is 16.4 Å². The Morgan fingerprint density at radius 3 is 2.39 bits per heavy atom. The third kappa shape index (κ3) is 4.24. The highest BCUT2D eigenvalue weighted by Gasteiger charge is 2.10. The molecule has 0 saturated carbocycles. The van der Waals surface area contributed by atoms with Gasteiger partial charge < -0.3 is 19.5 Å². The van der Waals surface area contributed by atoms with Crippen LogP contribution in [0.4, 0.5) is 5.69 Å². The van der Waals surface area contributed by atoms with Gasteiger partial charge in [0.1, 0.15) is 33.9 Å². The van der Waals surface area contributed by atoms with E-state index in [4.69, 9.17) is 14.2 Å². The largest absolute Gasteiger partial charge is 0.497 e. The van der Waals surface area contributed by atoms with Gasteiger partial charge in [0, 0.05) is 23.2 Å². The number of hydrogen-bond donors (Lipinski definition) is 1. The van der Waals surface area contributed by atoms with E-state index in [0.29, 0.717) is 22.1 Å². The van der Waals surface area contributed by atoms with Crippen LogP contribution in [-0.4, -0.2) is 26.3 Å². The molecule has 0 aliphatic carbocycles. The minimum absolute atomic E-state index is 0.433. The van der Waals surface area contributed by atoms with E-state index in [9.17, 15) is 5.26 Å². The van der Waals surface area contributed by atoms with Crippen LogP contribution >= 0.6 is 11.3 Å². The Hall–Kier alpha value is -3.50. The van der Waals surface area contributed by atoms with Crippen LogP contribution in [0, 0.1) is 11.3 Å². The molecule has 0 radical (unpaired) electrons. The lowest BCUT2D eigenvalue weighted by molar-refractivity contribution is 0.395. The molecule has 0 fully saturated rings. The molecule has 0 atom stereocenters. The SMILES string of the molecule is COc1ccc(-c2csc(C(C#N)=CNc3ccc(OC)cc3OC)n2)cc1. The zero-order valence-corrected chi connectivity index (χ0v) is 16.5. The number of anilines is 1. The number of ether oxygens (including phenoxy) is 3. The molecule has 3 aromatic rings. The Bertz CT molecular complexity index is 1020. The summed E-state index contributed by atoms with van der Waals surface area (Å²) in [6.45, 7) is 0. The fraction of sp³-hybridized carbons (Fsp3) is 0.143. The summed E-state index contributed by atoms with van der Waals surface area (Å²) in [5.74, 6) is 2.09. The molecule has 3 rings (SSSR count). The summed E-state index contributed by atoms with van der Waals surface area (Å²) in [4.78, 5) is 4.59. The van der Waals surface area contributed by atoms with Gasteiger partial charge in [0.25, 0.3) is 0 Å². The number of methoxy groups -OCH3 is 3. The molecule has 1 heterocycles. The van der Waals surface area contributed by atoms with Crippen LogP contribution in [0.1, 0.15) is 5.01 Å². The summed E-state index contributed by atoms with van der Waals surface area (Å²) in [7, 11) is 4.81. The molecule has 2 aromatic carbocycles. The van der Waals surface area contributed by atoms with E-state index < -0.39 is 0 Å². The smallest absolute Gasteiger partial charge is 0.145 e. The predicted octanol–water partition coefficient (Wildman–Crippen LogP) is 4.81. The summed E-state index contributed by atoms with van der Waals surface area (Å²) in [6.07, 6.45) is 1.63. The lowest BCUT2D eigenvalue weighted by Crippen LogP contribution is -1.95. The van der Waals surface area contributed by atoms with Gasteiger partial charge >= 0.3 is 0 Å². The zero-order valence-electron chi connectivity index (χ0n) is 15.7. The Morgan fingerprint density at radius 2 is 1.75 bits per heavy atom. The monoisotopic (exact) mass is 393 g/mol. The second-order valence-electron chi connectivity index (χ2n) is 5.65. The first-order chi connectivity index (χ1) is 13.7. The van der Waals surface area contributed by atoms with Crippen LogP contribution in [0.2, 0.25) is 0 Å². The standard InChI is InChI=1S/C21H19N3O3S/c1-25-16-6-4-14(5-7-16)19-13-28-21(24-19)15(11-22)12-23-18-9-8-17(26-2)10-20(18)27-3/h4-10,12-13,23H,1-3H3. The van der Waals surface area contributed by atoms with E-state index in [1.54, 1.807) is 33.6 Å². The summed E-state index contributed by atoms with van der Waals surface area (Å²) in [5.41, 5.74) is 2.93. The first-order valence-corrected chi connectivity index (χ1v) is 9.25. The number of hydrogen-bond acceptors (Lipinski definition) is 7. The number of rotatable bonds is 7. The van der Waals surface area contributed by atoms with Crippen molar-refractivity contribution in [1.29, 1.82) is 5.26 Å². The Kier molecular flexibility index (Phi) is 6.14. The second kappa shape index (κ2) is 8.93. The molecule has 0 bridgehead atoms. The molecule has 0 saturated heterocycles. The van der Waals surface area contributed by atoms with Crippen LogP contribution in [0.5, 0.6) is 17.2 Å². The van der Waals surface area contributed by atoms with Gasteiger partial charge in [-0.25, -0.2) is 4.98 Å². The van der Waals surface area contributed by atoms with Crippen molar-refractivity contribution in [2.24, 2.45) is 0 Å². The fourth-order valence-electron chi connectivity index (χ4n) is 2.50. The van der Waals surface area contributed by atoms with E-state index in [-0.39, 0.29) is 0 Å². The average molecular weight is 393 g/mol. The van der Waals surface area contributed by atoms with Gasteiger partial charge in [0.05, 0.1) is 32.7 Å². The van der Waals surface area contributed by atoms with E-state index >= 15 is 0 Å². The quantitative estimate of drug-likeness (QED) is 0.581. The molecule has 6 nitrogen and oxygen atoms in total. The molecule has 28 heavy (non-hydrogen) atoms. The van der Waals surface area contributed by atoms with Crippen molar-refractivity contribution in [2.75, 3.05) is 26.6 Å². The highest BCUT2D eigenvalue weighted by Crippen LogP contribution is 2.31. The van der Waals surface area contributed by atoms with Crippen LogP contribution in [-0.2, 0) is 0 Å². The Balaban J connectivity index is 1.82. The first kappa shape index (κ1) is 19.3. The van der Waals surface area contributed by atoms with E-state index in [1.165, 1.54) is 11.3 Å². The van der Waals surface area contributed by atoms with Crippen molar-refractivity contribution in [3.8, 4) is 34.6 Å². The van der Waals surface area contributed by atoms with Crippen LogP contribution in [0.3, 0.4) is 0 Å². The zero-order chi connectivity index (χ0) is 19.9. The number of nitrogens with zero attached hydrogens (tertiary/aromatic N) is 2. The minimum Gasteiger partial charge on any atom is -0.497 e. The lowest BCUT2D eigenvalue weighted by atomic mass is 10.2. The molecular formula is C21H19N3O3S. The summed E-state index contributed by atoms with van der Waals surface area (Å²) in [5, 5.41) is 15.2. The van der Waals surface area contributed by atoms with Gasteiger partial charge in [0.2, 0.25) is 0 Å². The van der Waals surface area contributed by atoms with Crippen molar-refractivity contribution >= 4 is 22.6 Å². The maximum Gasteiger partial charge on any atom is 0.145 e. The van der Waals surface area contributed by atoms with Crippen molar-refractivity contribution in [3.05, 3.63) is 59.1 Å². The number of thiazole rings is 1. The molecule has 1 N–H and O–H groups in total. The highest BCUT2D eigenvalue weighted by molar-refractivity contribution is 7.11. The first-order valence-electron chi connectivity index (χ1n) is 8.37. The summed E-state index contributed by atoms with van der Waals surface area (Å²) in [6, 6.07) is 15.2. The molecule has 7 heteroatoms. The van der Waals surface area contributed by atoms with Gasteiger partial charge in [-0.15, -0.1) is 11.3 Å². The summed E-state index contributed by atoms with van der Waals surface area (Å²) < 4.78 is 15.7. The Morgan fingerprint density at radius 1 is 1.04 bits per heavy atom. The van der Waals surface area contributed by atoms with Crippen LogP contribution in [0.15, 0.2) is 54.0 Å². The average Bonchev–Trinajstić information content (AvgIpc) is 3.24. The number of aromatic nitrogens is 1. The fourth-order valence-corrected chi connectivity index (χ4v) is 3.30. The maximum absolute atomic E-state index is 9.55. The van der Waals surface area contributed by atoms with Gasteiger partial charge in [-0.05, 0) is 36.4 Å². The Labute approximate surface area is 167 Å². The molecule has 0 aliphatic rings. The lowest BCUT2D eigenvalue weighted by Gasteiger charge is -2.10. The van der Waals surface area contributed by atoms with Gasteiger partial charge in [-0.3, -0.25) is 0 Å². The van der Waals surface area contributed by atoms with Crippen LogP contribution in [0.25, 0.3) is 16.8 Å². The van der Waals surface area contributed by atoms with Crippen LogP contribution < -0.4 is 19.5 Å². The van der Waals surface area contributed by atoms with Crippen molar-refractivity contribution in [1.82, 2.24) is 4.98 Å². The normalized spacial score (nSPS) is 10.9. The molecular weight excluding hydrogens is 374 g/mol. The minimum atomic E-state index is 0.433. The maximum atomic E-state index is 9.55. The number of nitrogens with one attached hydrogen (secondary N) is 1. The number of allylic oxidation sites excluding steroid dienone is 1. The molecule has 142 valence electrons. The van der Waals surface area contributed by atoms with Crippen molar-refractivity contribution in [2.45, 2.75) is 0 Å². The topological polar surface area (TPSA) is 76.4 Å². The molecule has 0 amide bonds. The molecule has 0 aliphatic heterocycles. The third-order valence-corrected chi connectivity index (χ3v) is 4.90. The van der Waals surface area contributed by atoms with E-state index in [0.717, 1.165) is 22.7 Å². The van der Waals surface area contributed by atoms with E-state index in [1.807, 2.05) is 41.8 Å². The third-order valence-electron chi connectivity index (χ3n) is 4.02. The van der Waals surface area contributed by atoms with Gasteiger partial charge in [-0.2, -0.15) is 5.26 Å². The summed E-state index contributed by atoms with van der Waals surface area (Å²) >= 11 is 1.41. The van der Waals surface area contributed by atoms with Crippen molar-refractivity contribution < 1.29 is 14.2 Å². The predicted molar refractivity (Wildman–Crippen MR) is 111 cm³/mol. The number of nitriles is 1. The molecule has 0 spiro atoms. The molecule has 0 unspecified atom stereocenters. The van der Waals surface area contributed by atoms with Gasteiger partial charge in [0.15, 0.2) is 0 Å². The number of benzene rings is 2. The van der Waals surface area contributed by atoms with Gasteiger partial charge in [-0.1, -0.05) is 0 Å². The molecule has 1 aromatic heterocycles. The second-order valence-corrected chi connectivity index (χ2v) is 6.50. The highest BCUT2D eigenvalue weighted by atomic mass is 32.1. The van der Waals surface area contributed by atoms with Crippen molar-refractivity contribution in [3.63, 3.8) is 0 Å².